The van der Waals surface area contributed by atoms with Crippen LogP contribution >= 0.6 is 0 Å². The van der Waals surface area contributed by atoms with Gasteiger partial charge in [-0.15, -0.1) is 0 Å². The molecule has 0 bridgehead atoms. The largest absolute Gasteiger partial charge is 0.469 e. The fourth-order valence-corrected chi connectivity index (χ4v) is 2.88. The van der Waals surface area contributed by atoms with Gasteiger partial charge in [-0.3, -0.25) is 4.79 Å². The van der Waals surface area contributed by atoms with Crippen molar-refractivity contribution >= 4 is 5.91 Å². The Hall–Kier alpha value is -1.29. The summed E-state index contributed by atoms with van der Waals surface area (Å²) in [6.45, 7) is 2.51. The second kappa shape index (κ2) is 5.57. The smallest absolute Gasteiger partial charge is 0.257 e. The summed E-state index contributed by atoms with van der Waals surface area (Å²) in [4.78, 5) is 14.2. The van der Waals surface area contributed by atoms with Crippen molar-refractivity contribution in [1.29, 1.82) is 0 Å². The fourth-order valence-electron chi connectivity index (χ4n) is 2.88. The van der Waals surface area contributed by atoms with E-state index in [-0.39, 0.29) is 11.9 Å². The zero-order chi connectivity index (χ0) is 13.1. The predicted octanol–water partition coefficient (Wildman–Crippen LogP) is 2.18. The number of furan rings is 1. The Bertz CT molecular complexity index is 414. The lowest BCUT2D eigenvalue weighted by Gasteiger charge is -2.37. The zero-order valence-corrected chi connectivity index (χ0v) is 11.2. The van der Waals surface area contributed by atoms with Crippen molar-refractivity contribution in [3.05, 3.63) is 23.7 Å². The average molecular weight is 250 g/mol. The standard InChI is InChI=1S/C14H22N2O2/c1-10-7-12(9-18-10)14(17)16(2)13-6-4-3-5-11(13)8-15/h7,9,11,13H,3-6,8,15H2,1-2H3. The second-order valence-electron chi connectivity index (χ2n) is 5.21. The van der Waals surface area contributed by atoms with Gasteiger partial charge in [0, 0.05) is 13.1 Å². The Balaban J connectivity index is 2.09. The maximum Gasteiger partial charge on any atom is 0.257 e. The summed E-state index contributed by atoms with van der Waals surface area (Å²) >= 11 is 0. The minimum Gasteiger partial charge on any atom is -0.469 e. The third-order valence-corrected chi connectivity index (χ3v) is 3.97. The molecule has 0 aromatic carbocycles. The van der Waals surface area contributed by atoms with Crippen molar-refractivity contribution in [2.24, 2.45) is 11.7 Å². The van der Waals surface area contributed by atoms with Gasteiger partial charge in [0.25, 0.3) is 5.91 Å². The molecule has 4 nitrogen and oxygen atoms in total. The molecule has 100 valence electrons. The monoisotopic (exact) mass is 250 g/mol. The molecule has 0 aliphatic heterocycles. The zero-order valence-electron chi connectivity index (χ0n) is 11.2. The molecule has 2 atom stereocenters. The van der Waals surface area contributed by atoms with Crippen LogP contribution in [-0.4, -0.2) is 30.4 Å². The minimum absolute atomic E-state index is 0.0391. The van der Waals surface area contributed by atoms with Crippen LogP contribution in [0.25, 0.3) is 0 Å². The van der Waals surface area contributed by atoms with E-state index in [9.17, 15) is 4.79 Å². The molecule has 18 heavy (non-hydrogen) atoms. The molecule has 2 rings (SSSR count). The minimum atomic E-state index is 0.0391. The molecule has 4 heteroatoms. The summed E-state index contributed by atoms with van der Waals surface area (Å²) in [6.07, 6.45) is 6.13. The van der Waals surface area contributed by atoms with E-state index in [0.29, 0.717) is 18.0 Å². The summed E-state index contributed by atoms with van der Waals surface area (Å²) in [5.74, 6) is 1.24. The molecule has 0 spiro atoms. The highest BCUT2D eigenvalue weighted by atomic mass is 16.3. The van der Waals surface area contributed by atoms with Crippen molar-refractivity contribution in [2.75, 3.05) is 13.6 Å². The number of carbonyl (C=O) groups excluding carboxylic acids is 1. The van der Waals surface area contributed by atoms with Crippen LogP contribution in [-0.2, 0) is 0 Å². The van der Waals surface area contributed by atoms with E-state index in [1.165, 1.54) is 19.1 Å². The second-order valence-corrected chi connectivity index (χ2v) is 5.21. The quantitative estimate of drug-likeness (QED) is 0.894. The highest BCUT2D eigenvalue weighted by molar-refractivity contribution is 5.94. The first kappa shape index (κ1) is 13.1. The molecule has 1 aromatic rings. The van der Waals surface area contributed by atoms with E-state index < -0.39 is 0 Å². The molecule has 1 aliphatic rings. The van der Waals surface area contributed by atoms with Crippen LogP contribution in [0.1, 0.15) is 41.8 Å². The van der Waals surface area contributed by atoms with Gasteiger partial charge in [0.1, 0.15) is 12.0 Å². The van der Waals surface area contributed by atoms with Crippen LogP contribution in [0.15, 0.2) is 16.7 Å². The van der Waals surface area contributed by atoms with E-state index >= 15 is 0 Å². The van der Waals surface area contributed by atoms with E-state index in [1.807, 2.05) is 18.9 Å². The molecule has 0 radical (unpaired) electrons. The highest BCUT2D eigenvalue weighted by Crippen LogP contribution is 2.28. The summed E-state index contributed by atoms with van der Waals surface area (Å²) in [7, 11) is 1.88. The average Bonchev–Trinajstić information content (AvgIpc) is 2.83. The Morgan fingerprint density at radius 1 is 1.50 bits per heavy atom. The number of rotatable bonds is 3. The Morgan fingerprint density at radius 3 is 2.83 bits per heavy atom. The molecular weight excluding hydrogens is 228 g/mol. The van der Waals surface area contributed by atoms with Gasteiger partial charge in [-0.05, 0) is 38.3 Å². The van der Waals surface area contributed by atoms with Gasteiger partial charge in [0.05, 0.1) is 5.56 Å². The SMILES string of the molecule is Cc1cc(C(=O)N(C)C2CCCCC2CN)co1. The van der Waals surface area contributed by atoms with Crippen molar-refractivity contribution in [2.45, 2.75) is 38.6 Å². The van der Waals surface area contributed by atoms with E-state index in [0.717, 1.165) is 18.6 Å². The predicted molar refractivity (Wildman–Crippen MR) is 70.3 cm³/mol. The van der Waals surface area contributed by atoms with Gasteiger partial charge in [-0.25, -0.2) is 0 Å². The lowest BCUT2D eigenvalue weighted by Crippen LogP contribution is -2.45. The number of hydrogen-bond acceptors (Lipinski definition) is 3. The lowest BCUT2D eigenvalue weighted by atomic mass is 9.83. The summed E-state index contributed by atoms with van der Waals surface area (Å²) < 4.78 is 5.20. The molecule has 1 saturated carbocycles. The molecule has 1 aromatic heterocycles. The van der Waals surface area contributed by atoms with Crippen LogP contribution in [0.4, 0.5) is 0 Å². The van der Waals surface area contributed by atoms with Gasteiger partial charge in [0.15, 0.2) is 0 Å². The molecule has 1 amide bonds. The first-order valence-electron chi connectivity index (χ1n) is 6.66. The van der Waals surface area contributed by atoms with Crippen molar-refractivity contribution in [1.82, 2.24) is 4.90 Å². The van der Waals surface area contributed by atoms with Gasteiger partial charge in [-0.1, -0.05) is 12.8 Å². The number of carbonyl (C=O) groups is 1. The first-order valence-corrected chi connectivity index (χ1v) is 6.66. The third-order valence-electron chi connectivity index (χ3n) is 3.97. The number of amides is 1. The Morgan fingerprint density at radius 2 is 2.22 bits per heavy atom. The van der Waals surface area contributed by atoms with Crippen molar-refractivity contribution in [3.63, 3.8) is 0 Å². The highest BCUT2D eigenvalue weighted by Gasteiger charge is 2.30. The third kappa shape index (κ3) is 2.58. The normalized spacial score (nSPS) is 23.9. The first-order chi connectivity index (χ1) is 8.63. The molecule has 1 aliphatic carbocycles. The van der Waals surface area contributed by atoms with Crippen molar-refractivity contribution < 1.29 is 9.21 Å². The topological polar surface area (TPSA) is 59.5 Å². The number of nitrogens with zero attached hydrogens (tertiary/aromatic N) is 1. The maximum atomic E-state index is 12.3. The van der Waals surface area contributed by atoms with Crippen LogP contribution in [0.5, 0.6) is 0 Å². The number of nitrogens with two attached hydrogens (primary N) is 1. The van der Waals surface area contributed by atoms with Gasteiger partial charge in [0.2, 0.25) is 0 Å². The molecule has 0 saturated heterocycles. The lowest BCUT2D eigenvalue weighted by molar-refractivity contribution is 0.0619. The number of aryl methyl sites for hydroxylation is 1. The summed E-state index contributed by atoms with van der Waals surface area (Å²) in [5.41, 5.74) is 6.45. The molecule has 1 fully saturated rings. The van der Waals surface area contributed by atoms with Crippen LogP contribution in [0.2, 0.25) is 0 Å². The number of hydrogen-bond donors (Lipinski definition) is 1. The van der Waals surface area contributed by atoms with Gasteiger partial charge in [-0.2, -0.15) is 0 Å². The van der Waals surface area contributed by atoms with Crippen LogP contribution in [0, 0.1) is 12.8 Å². The molecule has 1 heterocycles. The summed E-state index contributed by atoms with van der Waals surface area (Å²) in [5, 5.41) is 0. The molecule has 2 N–H and O–H groups in total. The molecular formula is C14H22N2O2. The summed E-state index contributed by atoms with van der Waals surface area (Å²) in [6, 6.07) is 2.06. The fraction of sp³-hybridized carbons (Fsp3) is 0.643. The Labute approximate surface area is 108 Å². The van der Waals surface area contributed by atoms with Crippen LogP contribution < -0.4 is 5.73 Å². The van der Waals surface area contributed by atoms with Gasteiger partial charge < -0.3 is 15.1 Å². The maximum absolute atomic E-state index is 12.3. The Kier molecular flexibility index (Phi) is 4.07. The van der Waals surface area contributed by atoms with Gasteiger partial charge >= 0.3 is 0 Å². The van der Waals surface area contributed by atoms with E-state index in [4.69, 9.17) is 10.2 Å². The molecule has 2 unspecified atom stereocenters. The van der Waals surface area contributed by atoms with Crippen LogP contribution in [0.3, 0.4) is 0 Å². The van der Waals surface area contributed by atoms with Crippen molar-refractivity contribution in [3.8, 4) is 0 Å². The van der Waals surface area contributed by atoms with E-state index in [2.05, 4.69) is 0 Å². The van der Waals surface area contributed by atoms with E-state index in [1.54, 1.807) is 6.07 Å².